The summed E-state index contributed by atoms with van der Waals surface area (Å²) in [6.45, 7) is 1.98. The number of nitrogens with one attached hydrogen (secondary N) is 1. The number of para-hydroxylation sites is 1. The van der Waals surface area contributed by atoms with Gasteiger partial charge in [0.1, 0.15) is 11.3 Å². The van der Waals surface area contributed by atoms with Crippen LogP contribution in [0.3, 0.4) is 0 Å². The van der Waals surface area contributed by atoms with E-state index < -0.39 is 0 Å². The third-order valence-electron chi connectivity index (χ3n) is 2.40. The fraction of sp³-hybridized carbons (Fsp3) is 0.0909. The highest BCUT2D eigenvalue weighted by atomic mass is 32.1. The molecule has 0 saturated carbocycles. The molecule has 0 aliphatic rings. The van der Waals surface area contributed by atoms with Gasteiger partial charge in [0.25, 0.3) is 0 Å². The smallest absolute Gasteiger partial charge is 0.150 e. The number of hydrogen-bond donors (Lipinski definition) is 2. The Morgan fingerprint density at radius 1 is 1.38 bits per heavy atom. The number of nitrogen functional groups attached to an aromatic ring is 1. The van der Waals surface area contributed by atoms with E-state index in [-0.39, 0.29) is 0 Å². The zero-order valence-corrected chi connectivity index (χ0v) is 9.51. The summed E-state index contributed by atoms with van der Waals surface area (Å²) in [6.07, 6.45) is 1.83. The molecule has 0 radical (unpaired) electrons. The lowest BCUT2D eigenvalue weighted by Crippen LogP contribution is -1.84. The van der Waals surface area contributed by atoms with Gasteiger partial charge in [0.2, 0.25) is 0 Å². The first-order chi connectivity index (χ1) is 7.74. The van der Waals surface area contributed by atoms with Crippen molar-refractivity contribution in [2.45, 2.75) is 6.92 Å². The number of nitrogens with zero attached hydrogens (tertiary/aromatic N) is 2. The van der Waals surface area contributed by atoms with Crippen molar-refractivity contribution in [1.82, 2.24) is 15.0 Å². The Balaban J connectivity index is 2.22. The number of imidazole rings is 1. The van der Waals surface area contributed by atoms with Gasteiger partial charge < -0.3 is 10.7 Å². The second kappa shape index (κ2) is 3.31. The first kappa shape index (κ1) is 9.35. The molecule has 0 unspecified atom stereocenters. The van der Waals surface area contributed by atoms with Crippen LogP contribution in [0.15, 0.2) is 24.4 Å². The highest BCUT2D eigenvalue weighted by molar-refractivity contribution is 7.14. The molecule has 0 atom stereocenters. The van der Waals surface area contributed by atoms with Gasteiger partial charge >= 0.3 is 0 Å². The minimum atomic E-state index is 0.696. The molecule has 3 aromatic rings. The summed E-state index contributed by atoms with van der Waals surface area (Å²) in [7, 11) is 0. The molecule has 0 spiro atoms. The Labute approximate surface area is 96.2 Å². The lowest BCUT2D eigenvalue weighted by molar-refractivity contribution is 1.28. The maximum atomic E-state index is 5.86. The molecule has 0 bridgehead atoms. The van der Waals surface area contributed by atoms with Crippen LogP contribution in [0.4, 0.5) is 5.69 Å². The molecule has 3 rings (SSSR count). The molecule has 2 aromatic heterocycles. The summed E-state index contributed by atoms with van der Waals surface area (Å²) in [5.74, 6) is 0.832. The lowest BCUT2D eigenvalue weighted by atomic mass is 10.3. The van der Waals surface area contributed by atoms with E-state index >= 15 is 0 Å². The van der Waals surface area contributed by atoms with E-state index in [1.807, 2.05) is 31.3 Å². The van der Waals surface area contributed by atoms with E-state index in [1.54, 1.807) is 11.3 Å². The maximum Gasteiger partial charge on any atom is 0.150 e. The number of aromatic nitrogens is 3. The Morgan fingerprint density at radius 3 is 2.94 bits per heavy atom. The predicted molar refractivity (Wildman–Crippen MR) is 66.4 cm³/mol. The monoisotopic (exact) mass is 230 g/mol. The van der Waals surface area contributed by atoms with Gasteiger partial charge in [-0.3, -0.25) is 0 Å². The van der Waals surface area contributed by atoms with Crippen LogP contribution in [0, 0.1) is 6.92 Å². The summed E-state index contributed by atoms with van der Waals surface area (Å²) < 4.78 is 0. The summed E-state index contributed by atoms with van der Waals surface area (Å²) >= 11 is 1.62. The Bertz CT molecular complexity index is 653. The number of thiazole rings is 1. The molecule has 0 saturated heterocycles. The third-order valence-corrected chi connectivity index (χ3v) is 3.32. The second-order valence-corrected chi connectivity index (χ2v) is 4.81. The van der Waals surface area contributed by atoms with Crippen LogP contribution in [0.1, 0.15) is 5.01 Å². The van der Waals surface area contributed by atoms with E-state index in [0.717, 1.165) is 26.7 Å². The summed E-state index contributed by atoms with van der Waals surface area (Å²) in [5, 5.41) is 1.03. The highest BCUT2D eigenvalue weighted by Crippen LogP contribution is 2.27. The van der Waals surface area contributed by atoms with Crippen LogP contribution >= 0.6 is 11.3 Å². The number of fused-ring (bicyclic) bond motifs is 1. The number of anilines is 1. The quantitative estimate of drug-likeness (QED) is 0.631. The zero-order valence-electron chi connectivity index (χ0n) is 8.69. The lowest BCUT2D eigenvalue weighted by Gasteiger charge is -1.90. The van der Waals surface area contributed by atoms with Crippen molar-refractivity contribution >= 4 is 28.1 Å². The van der Waals surface area contributed by atoms with E-state index in [4.69, 9.17) is 5.73 Å². The molecule has 3 N–H and O–H groups in total. The molecule has 0 fully saturated rings. The van der Waals surface area contributed by atoms with Gasteiger partial charge in [-0.05, 0) is 19.1 Å². The topological polar surface area (TPSA) is 67.6 Å². The molecular weight excluding hydrogens is 220 g/mol. The van der Waals surface area contributed by atoms with Crippen LogP contribution in [0.2, 0.25) is 0 Å². The number of benzene rings is 1. The first-order valence-electron chi connectivity index (χ1n) is 4.91. The average molecular weight is 230 g/mol. The molecule has 0 aliphatic carbocycles. The van der Waals surface area contributed by atoms with Gasteiger partial charge in [-0.1, -0.05) is 6.07 Å². The highest BCUT2D eigenvalue weighted by Gasteiger charge is 2.09. The van der Waals surface area contributed by atoms with Gasteiger partial charge in [0.05, 0.1) is 21.1 Å². The van der Waals surface area contributed by atoms with Gasteiger partial charge in [-0.25, -0.2) is 9.97 Å². The van der Waals surface area contributed by atoms with Gasteiger partial charge in [-0.2, -0.15) is 0 Å². The summed E-state index contributed by atoms with van der Waals surface area (Å²) in [4.78, 5) is 13.0. The fourth-order valence-corrected chi connectivity index (χ4v) is 2.36. The van der Waals surface area contributed by atoms with Crippen molar-refractivity contribution < 1.29 is 0 Å². The van der Waals surface area contributed by atoms with Crippen LogP contribution < -0.4 is 5.73 Å². The largest absolute Gasteiger partial charge is 0.397 e. The average Bonchev–Trinajstić information content (AvgIpc) is 2.84. The standard InChI is InChI=1S/C11H10N4S/c1-6-13-5-9(16-6)11-14-8-4-2-3-7(12)10(8)15-11/h2-5H,12H2,1H3,(H,14,15). The molecule has 80 valence electrons. The summed E-state index contributed by atoms with van der Waals surface area (Å²) in [6, 6.07) is 5.73. The third kappa shape index (κ3) is 1.37. The second-order valence-electron chi connectivity index (χ2n) is 3.57. The van der Waals surface area contributed by atoms with Crippen molar-refractivity contribution in [1.29, 1.82) is 0 Å². The number of aromatic amines is 1. The van der Waals surface area contributed by atoms with Gasteiger partial charge in [0, 0.05) is 6.20 Å². The number of hydrogen-bond acceptors (Lipinski definition) is 4. The maximum absolute atomic E-state index is 5.86. The Morgan fingerprint density at radius 2 is 2.25 bits per heavy atom. The zero-order chi connectivity index (χ0) is 11.1. The first-order valence-corrected chi connectivity index (χ1v) is 5.73. The fourth-order valence-electron chi connectivity index (χ4n) is 1.64. The predicted octanol–water partition coefficient (Wildman–Crippen LogP) is 2.58. The van der Waals surface area contributed by atoms with Crippen molar-refractivity contribution in [2.75, 3.05) is 5.73 Å². The summed E-state index contributed by atoms with van der Waals surface area (Å²) in [5.41, 5.74) is 8.34. The van der Waals surface area contributed by atoms with Crippen LogP contribution in [0.5, 0.6) is 0 Å². The molecule has 0 aliphatic heterocycles. The molecule has 16 heavy (non-hydrogen) atoms. The van der Waals surface area contributed by atoms with Crippen LogP contribution in [0.25, 0.3) is 21.7 Å². The molecule has 2 heterocycles. The van der Waals surface area contributed by atoms with Gasteiger partial charge in [0.15, 0.2) is 0 Å². The number of rotatable bonds is 1. The molecule has 5 heteroatoms. The van der Waals surface area contributed by atoms with E-state index in [9.17, 15) is 0 Å². The normalized spacial score (nSPS) is 11.1. The van der Waals surface area contributed by atoms with Crippen LogP contribution in [-0.2, 0) is 0 Å². The Kier molecular flexibility index (Phi) is 1.94. The van der Waals surface area contributed by atoms with Crippen molar-refractivity contribution in [3.8, 4) is 10.7 Å². The molecule has 0 amide bonds. The van der Waals surface area contributed by atoms with Gasteiger partial charge in [-0.15, -0.1) is 11.3 Å². The van der Waals surface area contributed by atoms with E-state index in [2.05, 4.69) is 15.0 Å². The molecule has 1 aromatic carbocycles. The van der Waals surface area contributed by atoms with E-state index in [1.165, 1.54) is 0 Å². The van der Waals surface area contributed by atoms with Crippen molar-refractivity contribution in [3.05, 3.63) is 29.4 Å². The number of nitrogens with two attached hydrogens (primary N) is 1. The minimum absolute atomic E-state index is 0.696. The SMILES string of the molecule is Cc1ncc(-c2nc3c(N)cccc3[nH]2)s1. The number of aryl methyl sites for hydroxylation is 1. The van der Waals surface area contributed by atoms with Crippen molar-refractivity contribution in [3.63, 3.8) is 0 Å². The minimum Gasteiger partial charge on any atom is -0.397 e. The number of H-pyrrole nitrogens is 1. The van der Waals surface area contributed by atoms with Crippen LogP contribution in [-0.4, -0.2) is 15.0 Å². The van der Waals surface area contributed by atoms with Crippen molar-refractivity contribution in [2.24, 2.45) is 0 Å². The van der Waals surface area contributed by atoms with E-state index in [0.29, 0.717) is 5.69 Å². The Hall–Kier alpha value is -1.88. The molecule has 4 nitrogen and oxygen atoms in total. The molecular formula is C11H10N4S.